The van der Waals surface area contributed by atoms with Crippen LogP contribution in [0.4, 0.5) is 5.69 Å². The number of carbonyl (C=O) groups excluding carboxylic acids is 1. The number of hydrogen-bond donors (Lipinski definition) is 1. The summed E-state index contributed by atoms with van der Waals surface area (Å²) in [5.41, 5.74) is 3.50. The van der Waals surface area contributed by atoms with E-state index in [1.165, 1.54) is 0 Å². The Hall–Kier alpha value is -1.77. The van der Waals surface area contributed by atoms with Gasteiger partial charge in [0.05, 0.1) is 12.2 Å². The smallest absolute Gasteiger partial charge is 0.338 e. The van der Waals surface area contributed by atoms with Crippen molar-refractivity contribution in [2.24, 2.45) is 0 Å². The maximum atomic E-state index is 11.7. The van der Waals surface area contributed by atoms with Gasteiger partial charge in [-0.25, -0.2) is 4.79 Å². The second-order valence-electron chi connectivity index (χ2n) is 4.71. The number of anilines is 1. The minimum absolute atomic E-state index is 0.155. The van der Waals surface area contributed by atoms with E-state index in [0.29, 0.717) is 12.2 Å². The fourth-order valence-corrected chi connectivity index (χ4v) is 1.99. The molecule has 1 aromatic carbocycles. The average molecular weight is 231 g/mol. The molecule has 1 N–H and O–H groups in total. The molecule has 3 heteroatoms. The fraction of sp³-hybridized carbons (Fsp3) is 0.357. The largest absolute Gasteiger partial charge is 0.462 e. The summed E-state index contributed by atoms with van der Waals surface area (Å²) >= 11 is 0. The van der Waals surface area contributed by atoms with Crippen LogP contribution < -0.4 is 5.32 Å². The first-order valence-corrected chi connectivity index (χ1v) is 5.75. The quantitative estimate of drug-likeness (QED) is 0.795. The van der Waals surface area contributed by atoms with Crippen LogP contribution in [0.2, 0.25) is 0 Å². The van der Waals surface area contributed by atoms with Crippen LogP contribution in [0.1, 0.15) is 36.7 Å². The maximum absolute atomic E-state index is 11.7. The number of benzene rings is 1. The second kappa shape index (κ2) is 3.91. The van der Waals surface area contributed by atoms with Crippen LogP contribution in [0.3, 0.4) is 0 Å². The van der Waals surface area contributed by atoms with Gasteiger partial charge in [-0.1, -0.05) is 20.4 Å². The number of nitrogens with one attached hydrogen (secondary N) is 1. The van der Waals surface area contributed by atoms with Gasteiger partial charge >= 0.3 is 5.97 Å². The highest BCUT2D eigenvalue weighted by atomic mass is 16.5. The van der Waals surface area contributed by atoms with Crippen molar-refractivity contribution >= 4 is 11.7 Å². The summed E-state index contributed by atoms with van der Waals surface area (Å²) in [4.78, 5) is 11.7. The van der Waals surface area contributed by atoms with Gasteiger partial charge in [0.15, 0.2) is 0 Å². The minimum atomic E-state index is -0.274. The molecule has 0 spiro atoms. The molecule has 0 atom stereocenters. The van der Waals surface area contributed by atoms with E-state index >= 15 is 0 Å². The van der Waals surface area contributed by atoms with Gasteiger partial charge in [0, 0.05) is 16.8 Å². The standard InChI is InChI=1S/C14H17NO2/c1-5-17-13(16)10-6-7-12-11(8-10)14(3,4)9(2)15-12/h6-8,15H,2,5H2,1,3-4H3. The highest BCUT2D eigenvalue weighted by Crippen LogP contribution is 2.42. The Balaban J connectivity index is 2.42. The van der Waals surface area contributed by atoms with Gasteiger partial charge in [-0.15, -0.1) is 0 Å². The Labute approximate surface area is 101 Å². The normalized spacial score (nSPS) is 16.3. The summed E-state index contributed by atoms with van der Waals surface area (Å²) in [5, 5.41) is 3.24. The lowest BCUT2D eigenvalue weighted by atomic mass is 9.84. The summed E-state index contributed by atoms with van der Waals surface area (Å²) < 4.78 is 5.00. The Morgan fingerprint density at radius 2 is 2.18 bits per heavy atom. The SMILES string of the molecule is C=C1Nc2ccc(C(=O)OCC)cc2C1(C)C. The van der Waals surface area contributed by atoms with Crippen molar-refractivity contribution in [2.75, 3.05) is 11.9 Å². The molecule has 1 heterocycles. The number of rotatable bonds is 2. The zero-order chi connectivity index (χ0) is 12.6. The van der Waals surface area contributed by atoms with E-state index in [4.69, 9.17) is 4.74 Å². The van der Waals surface area contributed by atoms with E-state index in [2.05, 4.69) is 25.7 Å². The van der Waals surface area contributed by atoms with Crippen molar-refractivity contribution in [2.45, 2.75) is 26.2 Å². The summed E-state index contributed by atoms with van der Waals surface area (Å²) in [5.74, 6) is -0.274. The number of esters is 1. The molecule has 0 saturated heterocycles. The fourth-order valence-electron chi connectivity index (χ4n) is 1.99. The van der Waals surface area contributed by atoms with Crippen LogP contribution in [0, 0.1) is 0 Å². The summed E-state index contributed by atoms with van der Waals surface area (Å²) in [6.07, 6.45) is 0. The summed E-state index contributed by atoms with van der Waals surface area (Å²) in [6.45, 7) is 10.4. The summed E-state index contributed by atoms with van der Waals surface area (Å²) in [7, 11) is 0. The van der Waals surface area contributed by atoms with Crippen molar-refractivity contribution in [3.8, 4) is 0 Å². The minimum Gasteiger partial charge on any atom is -0.462 e. The first-order chi connectivity index (χ1) is 7.96. The molecule has 0 unspecified atom stereocenters. The highest BCUT2D eigenvalue weighted by molar-refractivity contribution is 5.91. The molecule has 3 nitrogen and oxygen atoms in total. The molecule has 0 amide bonds. The van der Waals surface area contributed by atoms with Crippen LogP contribution in [-0.4, -0.2) is 12.6 Å². The third-order valence-electron chi connectivity index (χ3n) is 3.24. The maximum Gasteiger partial charge on any atom is 0.338 e. The van der Waals surface area contributed by atoms with E-state index in [1.807, 2.05) is 12.1 Å². The number of allylic oxidation sites excluding steroid dienone is 1. The van der Waals surface area contributed by atoms with Gasteiger partial charge in [-0.3, -0.25) is 0 Å². The Kier molecular flexibility index (Phi) is 2.69. The lowest BCUT2D eigenvalue weighted by molar-refractivity contribution is 0.0526. The first kappa shape index (κ1) is 11.7. The van der Waals surface area contributed by atoms with Crippen LogP contribution in [0.25, 0.3) is 0 Å². The molecule has 17 heavy (non-hydrogen) atoms. The van der Waals surface area contributed by atoms with E-state index in [9.17, 15) is 4.79 Å². The molecule has 0 fully saturated rings. The molecular weight excluding hydrogens is 214 g/mol. The Bertz CT molecular complexity index is 489. The third-order valence-corrected chi connectivity index (χ3v) is 3.24. The van der Waals surface area contributed by atoms with Gasteiger partial charge in [0.25, 0.3) is 0 Å². The summed E-state index contributed by atoms with van der Waals surface area (Å²) in [6, 6.07) is 5.57. The number of carbonyl (C=O) groups is 1. The van der Waals surface area contributed by atoms with Crippen LogP contribution in [-0.2, 0) is 10.2 Å². The molecule has 0 saturated carbocycles. The van der Waals surface area contributed by atoms with Gasteiger partial charge in [0.2, 0.25) is 0 Å². The van der Waals surface area contributed by atoms with Crippen LogP contribution >= 0.6 is 0 Å². The predicted octanol–water partition coefficient (Wildman–Crippen LogP) is 3.08. The number of fused-ring (bicyclic) bond motifs is 1. The van der Waals surface area contributed by atoms with Gasteiger partial charge in [-0.2, -0.15) is 0 Å². The van der Waals surface area contributed by atoms with Gasteiger partial charge < -0.3 is 10.1 Å². The van der Waals surface area contributed by atoms with Gasteiger partial charge in [-0.05, 0) is 30.7 Å². The molecule has 1 aromatic rings. The molecule has 90 valence electrons. The van der Waals surface area contributed by atoms with E-state index < -0.39 is 0 Å². The van der Waals surface area contributed by atoms with Crippen molar-refractivity contribution in [1.82, 2.24) is 0 Å². The zero-order valence-electron chi connectivity index (χ0n) is 10.5. The molecule has 1 aliphatic heterocycles. The van der Waals surface area contributed by atoms with Crippen molar-refractivity contribution < 1.29 is 9.53 Å². The third kappa shape index (κ3) is 1.82. The molecule has 0 bridgehead atoms. The van der Waals surface area contributed by atoms with Crippen LogP contribution in [0.15, 0.2) is 30.5 Å². The molecule has 0 radical (unpaired) electrons. The topological polar surface area (TPSA) is 38.3 Å². The van der Waals surface area contributed by atoms with Crippen LogP contribution in [0.5, 0.6) is 0 Å². The predicted molar refractivity (Wildman–Crippen MR) is 68.2 cm³/mol. The van der Waals surface area contributed by atoms with Gasteiger partial charge in [0.1, 0.15) is 0 Å². The van der Waals surface area contributed by atoms with Crippen molar-refractivity contribution in [3.63, 3.8) is 0 Å². The average Bonchev–Trinajstić information content (AvgIpc) is 2.50. The van der Waals surface area contributed by atoms with E-state index in [1.54, 1.807) is 13.0 Å². The van der Waals surface area contributed by atoms with Crippen molar-refractivity contribution in [1.29, 1.82) is 0 Å². The Morgan fingerprint density at radius 1 is 1.47 bits per heavy atom. The van der Waals surface area contributed by atoms with E-state index in [0.717, 1.165) is 16.9 Å². The lowest BCUT2D eigenvalue weighted by Crippen LogP contribution is -2.16. The monoisotopic (exact) mass is 231 g/mol. The second-order valence-corrected chi connectivity index (χ2v) is 4.71. The number of ether oxygens (including phenoxy) is 1. The first-order valence-electron chi connectivity index (χ1n) is 5.75. The molecule has 0 aliphatic carbocycles. The molecule has 0 aromatic heterocycles. The number of hydrogen-bond acceptors (Lipinski definition) is 3. The highest BCUT2D eigenvalue weighted by Gasteiger charge is 2.33. The Morgan fingerprint density at radius 3 is 2.82 bits per heavy atom. The molecule has 2 rings (SSSR count). The van der Waals surface area contributed by atoms with E-state index in [-0.39, 0.29) is 11.4 Å². The zero-order valence-corrected chi connectivity index (χ0v) is 10.5. The van der Waals surface area contributed by atoms with Crippen molar-refractivity contribution in [3.05, 3.63) is 41.6 Å². The lowest BCUT2D eigenvalue weighted by Gasteiger charge is -2.19. The molecular formula is C14H17NO2. The molecule has 1 aliphatic rings.